The van der Waals surface area contributed by atoms with Gasteiger partial charge in [-0.2, -0.15) is 13.4 Å². The molecule has 3 aromatic rings. The number of nitrogens with two attached hydrogens (primary N) is 1. The molecule has 1 aromatic heterocycles. The third-order valence-electron chi connectivity index (χ3n) is 3.91. The molecule has 0 aliphatic rings. The van der Waals surface area contributed by atoms with E-state index in [1.54, 1.807) is 30.3 Å². The largest absolute Gasteiger partial charge is 0.489 e. The van der Waals surface area contributed by atoms with Crippen LogP contribution in [0.3, 0.4) is 0 Å². The summed E-state index contributed by atoms with van der Waals surface area (Å²) in [7, 11) is -4.02. The molecule has 0 fully saturated rings. The van der Waals surface area contributed by atoms with Gasteiger partial charge in [-0.3, -0.25) is 4.55 Å². The summed E-state index contributed by atoms with van der Waals surface area (Å²) in [6, 6.07) is 11.4. The van der Waals surface area contributed by atoms with Crippen LogP contribution < -0.4 is 15.8 Å². The van der Waals surface area contributed by atoms with Gasteiger partial charge in [-0.1, -0.05) is 17.7 Å². The molecule has 31 heavy (non-hydrogen) atoms. The molecule has 0 aliphatic heterocycles. The molecule has 0 amide bonds. The van der Waals surface area contributed by atoms with E-state index in [0.29, 0.717) is 41.3 Å². The number of rotatable bonds is 8. The van der Waals surface area contributed by atoms with E-state index in [4.69, 9.17) is 24.5 Å². The summed E-state index contributed by atoms with van der Waals surface area (Å²) < 4.78 is 52.8. The predicted octanol–water partition coefficient (Wildman–Crippen LogP) is 2.66. The van der Waals surface area contributed by atoms with Crippen LogP contribution in [0.25, 0.3) is 11.1 Å². The van der Waals surface area contributed by atoms with Crippen LogP contribution in [-0.2, 0) is 10.1 Å². The minimum Gasteiger partial charge on any atom is -0.489 e. The molecule has 1 heterocycles. The average Bonchev–Trinajstić information content (AvgIpc) is 3.15. The molecule has 11 heteroatoms. The van der Waals surface area contributed by atoms with Crippen LogP contribution in [0.4, 0.5) is 10.4 Å². The molecule has 3 rings (SSSR count). The Hall–Kier alpha value is -2.99. The summed E-state index contributed by atoms with van der Waals surface area (Å²) in [5, 5.41) is 11.5. The van der Waals surface area contributed by atoms with E-state index in [-0.39, 0.29) is 24.7 Å². The van der Waals surface area contributed by atoms with Crippen molar-refractivity contribution < 1.29 is 31.6 Å². The number of aromatic nitrogens is 1. The lowest BCUT2D eigenvalue weighted by Gasteiger charge is -2.06. The second-order valence-corrected chi connectivity index (χ2v) is 7.77. The zero-order chi connectivity index (χ0) is 22.9. The number of aryl methyl sites for hydroxylation is 1. The van der Waals surface area contributed by atoms with Crippen LogP contribution in [0.2, 0.25) is 0 Å². The summed E-state index contributed by atoms with van der Waals surface area (Å²) in [4.78, 5) is 4.12. The molecule has 0 bridgehead atoms. The molecular formula is C20H24FN3O6S. The molecule has 9 nitrogen and oxygen atoms in total. The molecule has 0 saturated heterocycles. The topological polar surface area (TPSA) is 148 Å². The maximum Gasteiger partial charge on any atom is 0.295 e. The van der Waals surface area contributed by atoms with Crippen molar-refractivity contribution in [3.05, 3.63) is 59.9 Å². The van der Waals surface area contributed by atoms with Gasteiger partial charge in [0, 0.05) is 24.7 Å². The van der Waals surface area contributed by atoms with E-state index in [9.17, 15) is 12.8 Å². The molecular weight excluding hydrogens is 429 g/mol. The maximum atomic E-state index is 12.4. The molecule has 0 unspecified atom stereocenters. The molecule has 0 radical (unpaired) electrons. The standard InChI is InChI=1S/C13H16FN3O3.C7H8O3S/c14-6-9(7-15)8-19-10-1-2-11-12(5-10)20-13(17-11)16-3-4-18;1-6-2-4-7(5-3-6)11(8,9)10/h1-2,5-6,18H,3-4,7-8,15H2,(H,16,17);2-5H,1H3,(H,8,9,10)/b9-6+;. The smallest absolute Gasteiger partial charge is 0.295 e. The number of nitrogens with one attached hydrogen (secondary N) is 1. The Morgan fingerprint density at radius 3 is 2.58 bits per heavy atom. The van der Waals surface area contributed by atoms with Gasteiger partial charge in [0.2, 0.25) is 0 Å². The highest BCUT2D eigenvalue weighted by Gasteiger charge is 2.08. The Bertz CT molecular complexity index is 1110. The van der Waals surface area contributed by atoms with Crippen molar-refractivity contribution in [1.82, 2.24) is 4.98 Å². The zero-order valence-corrected chi connectivity index (χ0v) is 17.6. The summed E-state index contributed by atoms with van der Waals surface area (Å²) in [5.74, 6) is 0.537. The number of halogens is 1. The molecule has 168 valence electrons. The highest BCUT2D eigenvalue weighted by molar-refractivity contribution is 7.85. The number of benzene rings is 2. The van der Waals surface area contributed by atoms with Crippen LogP contribution in [0.15, 0.2) is 63.7 Å². The normalized spacial score (nSPS) is 11.7. The first-order valence-corrected chi connectivity index (χ1v) is 10.6. The molecule has 0 atom stereocenters. The number of hydrogen-bond acceptors (Lipinski definition) is 8. The number of aliphatic hydroxyl groups excluding tert-OH is 1. The lowest BCUT2D eigenvalue weighted by atomic mass is 10.2. The van der Waals surface area contributed by atoms with Gasteiger partial charge in [0.15, 0.2) is 5.58 Å². The molecule has 2 aromatic carbocycles. The van der Waals surface area contributed by atoms with Gasteiger partial charge in [0.25, 0.3) is 16.1 Å². The second-order valence-electron chi connectivity index (χ2n) is 6.35. The quantitative estimate of drug-likeness (QED) is 0.378. The Morgan fingerprint density at radius 1 is 1.29 bits per heavy atom. The van der Waals surface area contributed by atoms with Gasteiger partial charge in [0.1, 0.15) is 17.9 Å². The molecule has 5 N–H and O–H groups in total. The fraction of sp³-hybridized carbons (Fsp3) is 0.250. The van der Waals surface area contributed by atoms with Crippen molar-refractivity contribution in [1.29, 1.82) is 0 Å². The number of aliphatic hydroxyl groups is 1. The maximum absolute atomic E-state index is 12.4. The number of ether oxygens (including phenoxy) is 1. The van der Waals surface area contributed by atoms with Crippen molar-refractivity contribution >= 4 is 27.2 Å². The first-order chi connectivity index (χ1) is 14.8. The van der Waals surface area contributed by atoms with Crippen LogP contribution in [0.5, 0.6) is 5.75 Å². The first-order valence-electron chi connectivity index (χ1n) is 9.17. The average molecular weight is 453 g/mol. The fourth-order valence-corrected chi connectivity index (χ4v) is 2.73. The van der Waals surface area contributed by atoms with E-state index in [1.807, 2.05) is 6.92 Å². The van der Waals surface area contributed by atoms with Gasteiger partial charge < -0.3 is 25.3 Å². The highest BCUT2D eigenvalue weighted by atomic mass is 32.2. The predicted molar refractivity (Wildman–Crippen MR) is 114 cm³/mol. The van der Waals surface area contributed by atoms with E-state index in [0.717, 1.165) is 5.56 Å². The summed E-state index contributed by atoms with van der Waals surface area (Å²) in [6.45, 7) is 2.38. The number of fused-ring (bicyclic) bond motifs is 1. The lowest BCUT2D eigenvalue weighted by Crippen LogP contribution is -2.10. The van der Waals surface area contributed by atoms with Crippen molar-refractivity contribution in [2.75, 3.05) is 31.6 Å². The number of oxazole rings is 1. The summed E-state index contributed by atoms with van der Waals surface area (Å²) >= 11 is 0. The Morgan fingerprint density at radius 2 is 2.00 bits per heavy atom. The van der Waals surface area contributed by atoms with Gasteiger partial charge in [-0.15, -0.1) is 0 Å². The molecule has 0 saturated carbocycles. The SMILES string of the molecule is Cc1ccc(S(=O)(=O)O)cc1.NC/C(=C\F)COc1ccc2nc(NCCO)oc2c1. The van der Waals surface area contributed by atoms with Crippen molar-refractivity contribution in [2.24, 2.45) is 5.73 Å². The van der Waals surface area contributed by atoms with Crippen LogP contribution >= 0.6 is 0 Å². The lowest BCUT2D eigenvalue weighted by molar-refractivity contribution is 0.310. The summed E-state index contributed by atoms with van der Waals surface area (Å²) in [5.41, 5.74) is 7.87. The Labute approximate surface area is 179 Å². The Balaban J connectivity index is 0.000000262. The van der Waals surface area contributed by atoms with E-state index in [2.05, 4.69) is 10.3 Å². The van der Waals surface area contributed by atoms with Gasteiger partial charge >= 0.3 is 0 Å². The van der Waals surface area contributed by atoms with Crippen molar-refractivity contribution in [3.63, 3.8) is 0 Å². The van der Waals surface area contributed by atoms with Gasteiger partial charge in [0.05, 0.1) is 17.8 Å². The van der Waals surface area contributed by atoms with Gasteiger partial charge in [-0.25, -0.2) is 4.39 Å². The number of anilines is 1. The van der Waals surface area contributed by atoms with E-state index in [1.165, 1.54) is 12.1 Å². The second kappa shape index (κ2) is 11.4. The zero-order valence-electron chi connectivity index (χ0n) is 16.8. The first kappa shape index (κ1) is 24.3. The van der Waals surface area contributed by atoms with Crippen LogP contribution in [0.1, 0.15) is 5.56 Å². The minimum atomic E-state index is -4.02. The number of nitrogens with zero attached hydrogens (tertiary/aromatic N) is 1. The molecule has 0 spiro atoms. The van der Waals surface area contributed by atoms with Crippen LogP contribution in [-0.4, -0.2) is 49.4 Å². The third kappa shape index (κ3) is 7.64. The number of hydrogen-bond donors (Lipinski definition) is 4. The van der Waals surface area contributed by atoms with Crippen molar-refractivity contribution in [3.8, 4) is 5.75 Å². The summed E-state index contributed by atoms with van der Waals surface area (Å²) in [6.07, 6.45) is 0.448. The molecule has 0 aliphatic carbocycles. The fourth-order valence-electron chi connectivity index (χ4n) is 2.25. The van der Waals surface area contributed by atoms with E-state index >= 15 is 0 Å². The Kier molecular flexibility index (Phi) is 8.94. The monoisotopic (exact) mass is 453 g/mol. The van der Waals surface area contributed by atoms with E-state index < -0.39 is 10.1 Å². The third-order valence-corrected chi connectivity index (χ3v) is 4.78. The minimum absolute atomic E-state index is 0.00941. The highest BCUT2D eigenvalue weighted by Crippen LogP contribution is 2.24. The van der Waals surface area contributed by atoms with Crippen LogP contribution in [0, 0.1) is 6.92 Å². The van der Waals surface area contributed by atoms with Gasteiger partial charge in [-0.05, 0) is 31.2 Å². The van der Waals surface area contributed by atoms with Crippen molar-refractivity contribution in [2.45, 2.75) is 11.8 Å².